The molecule has 1 heterocycles. The number of hydrogen-bond acceptors (Lipinski definition) is 2. The van der Waals surface area contributed by atoms with Crippen LogP contribution in [0.3, 0.4) is 0 Å². The number of nitrogens with one attached hydrogen (secondary N) is 2. The number of carbonyl (C=O) groups excluding carboxylic acids is 1. The zero-order chi connectivity index (χ0) is 16.6. The Labute approximate surface area is 143 Å². The zero-order valence-corrected chi connectivity index (χ0v) is 13.9. The van der Waals surface area contributed by atoms with Crippen LogP contribution in [-0.2, 0) is 6.42 Å². The van der Waals surface area contributed by atoms with Crippen LogP contribution in [0.4, 0.5) is 10.5 Å². The van der Waals surface area contributed by atoms with Gasteiger partial charge in [0.1, 0.15) is 0 Å². The number of nitrogens with zero attached hydrogens (tertiary/aromatic N) is 1. The second kappa shape index (κ2) is 8.39. The summed E-state index contributed by atoms with van der Waals surface area (Å²) in [5.41, 5.74) is 2.51. The van der Waals surface area contributed by atoms with Gasteiger partial charge in [0.05, 0.1) is 0 Å². The summed E-state index contributed by atoms with van der Waals surface area (Å²) in [7, 11) is 0. The molecule has 0 bridgehead atoms. The number of anilines is 1. The van der Waals surface area contributed by atoms with E-state index in [1.807, 2.05) is 24.3 Å². The average molecular weight is 323 g/mol. The number of para-hydroxylation sites is 1. The molecule has 0 aromatic heterocycles. The van der Waals surface area contributed by atoms with Crippen LogP contribution >= 0.6 is 0 Å². The van der Waals surface area contributed by atoms with Crippen molar-refractivity contribution in [3.8, 4) is 0 Å². The Kier molecular flexibility index (Phi) is 5.72. The highest BCUT2D eigenvalue weighted by molar-refractivity contribution is 5.73. The molecule has 1 aliphatic rings. The monoisotopic (exact) mass is 323 g/mol. The van der Waals surface area contributed by atoms with E-state index in [2.05, 4.69) is 51.9 Å². The number of amides is 2. The van der Waals surface area contributed by atoms with Crippen LogP contribution in [0.2, 0.25) is 0 Å². The molecular weight excluding hydrogens is 298 g/mol. The smallest absolute Gasteiger partial charge is 0.314 e. The summed E-state index contributed by atoms with van der Waals surface area (Å²) in [5.74, 6) is 0.519. The summed E-state index contributed by atoms with van der Waals surface area (Å²) in [6, 6.07) is 20.6. The Morgan fingerprint density at radius 2 is 1.71 bits per heavy atom. The van der Waals surface area contributed by atoms with Gasteiger partial charge < -0.3 is 15.5 Å². The Morgan fingerprint density at radius 3 is 2.46 bits per heavy atom. The lowest BCUT2D eigenvalue weighted by atomic mass is 10.1. The minimum atomic E-state index is -0.0657. The molecule has 1 atom stereocenters. The normalized spacial score (nSPS) is 16.8. The molecule has 1 aliphatic heterocycles. The summed E-state index contributed by atoms with van der Waals surface area (Å²) >= 11 is 0. The molecule has 3 rings (SSSR count). The molecular formula is C20H25N3O. The van der Waals surface area contributed by atoms with E-state index in [-0.39, 0.29) is 6.03 Å². The third-order valence-electron chi connectivity index (χ3n) is 4.50. The first-order chi connectivity index (χ1) is 11.8. The van der Waals surface area contributed by atoms with Gasteiger partial charge in [-0.1, -0.05) is 48.5 Å². The fourth-order valence-electron chi connectivity index (χ4n) is 3.14. The highest BCUT2D eigenvalue weighted by atomic mass is 16.2. The van der Waals surface area contributed by atoms with Crippen LogP contribution in [0, 0.1) is 5.92 Å². The second-order valence-electron chi connectivity index (χ2n) is 6.31. The van der Waals surface area contributed by atoms with Crippen molar-refractivity contribution in [2.45, 2.75) is 12.8 Å². The first-order valence-corrected chi connectivity index (χ1v) is 8.67. The third-order valence-corrected chi connectivity index (χ3v) is 4.50. The van der Waals surface area contributed by atoms with Gasteiger partial charge in [-0.2, -0.15) is 0 Å². The summed E-state index contributed by atoms with van der Waals surface area (Å²) in [6.07, 6.45) is 1.98. The van der Waals surface area contributed by atoms with Gasteiger partial charge in [-0.15, -0.1) is 0 Å². The Bertz CT molecular complexity index is 630. The number of rotatable bonds is 6. The van der Waals surface area contributed by atoms with E-state index in [0.717, 1.165) is 32.5 Å². The minimum Gasteiger partial charge on any atom is -0.371 e. The van der Waals surface area contributed by atoms with Crippen LogP contribution in [0.5, 0.6) is 0 Å². The molecule has 4 nitrogen and oxygen atoms in total. The van der Waals surface area contributed by atoms with E-state index in [4.69, 9.17) is 0 Å². The van der Waals surface area contributed by atoms with Crippen molar-refractivity contribution < 1.29 is 4.79 Å². The lowest BCUT2D eigenvalue weighted by Gasteiger charge is -2.18. The standard InChI is InChI=1S/C20H25N3O/c24-20(21-13-11-17-7-3-1-4-8-17)22-15-18-12-14-23(16-18)19-9-5-2-6-10-19/h1-10,18H,11-16H2,(H2,21,22,24). The van der Waals surface area contributed by atoms with Gasteiger partial charge in [-0.05, 0) is 36.5 Å². The average Bonchev–Trinajstić information content (AvgIpc) is 3.11. The van der Waals surface area contributed by atoms with Crippen molar-refractivity contribution in [1.82, 2.24) is 10.6 Å². The maximum atomic E-state index is 11.9. The maximum Gasteiger partial charge on any atom is 0.314 e. The van der Waals surface area contributed by atoms with E-state index >= 15 is 0 Å². The molecule has 2 aromatic carbocycles. The lowest BCUT2D eigenvalue weighted by Crippen LogP contribution is -2.39. The van der Waals surface area contributed by atoms with Crippen molar-refractivity contribution >= 4 is 11.7 Å². The molecule has 1 fully saturated rings. The van der Waals surface area contributed by atoms with Crippen LogP contribution < -0.4 is 15.5 Å². The third kappa shape index (κ3) is 4.75. The summed E-state index contributed by atoms with van der Waals surface area (Å²) < 4.78 is 0. The molecule has 2 amide bonds. The fraction of sp³-hybridized carbons (Fsp3) is 0.350. The van der Waals surface area contributed by atoms with Gasteiger partial charge in [0.15, 0.2) is 0 Å². The van der Waals surface area contributed by atoms with Gasteiger partial charge >= 0.3 is 6.03 Å². The Morgan fingerprint density at radius 1 is 1.00 bits per heavy atom. The van der Waals surface area contributed by atoms with Crippen molar-refractivity contribution in [2.24, 2.45) is 5.92 Å². The predicted octanol–water partition coefficient (Wildman–Crippen LogP) is 3.05. The van der Waals surface area contributed by atoms with Crippen LogP contribution in [0.15, 0.2) is 60.7 Å². The van der Waals surface area contributed by atoms with Gasteiger partial charge in [-0.3, -0.25) is 0 Å². The van der Waals surface area contributed by atoms with Gasteiger partial charge in [0, 0.05) is 31.9 Å². The fourth-order valence-corrected chi connectivity index (χ4v) is 3.14. The van der Waals surface area contributed by atoms with Crippen LogP contribution in [-0.4, -0.2) is 32.2 Å². The lowest BCUT2D eigenvalue weighted by molar-refractivity contribution is 0.239. The molecule has 4 heteroatoms. The first-order valence-electron chi connectivity index (χ1n) is 8.67. The Balaban J connectivity index is 1.33. The molecule has 0 radical (unpaired) electrons. The molecule has 24 heavy (non-hydrogen) atoms. The largest absolute Gasteiger partial charge is 0.371 e. The first kappa shape index (κ1) is 16.4. The van der Waals surface area contributed by atoms with Crippen molar-refractivity contribution in [3.63, 3.8) is 0 Å². The SMILES string of the molecule is O=C(NCCc1ccccc1)NCC1CCN(c2ccccc2)C1. The van der Waals surface area contributed by atoms with Crippen molar-refractivity contribution in [2.75, 3.05) is 31.1 Å². The van der Waals surface area contributed by atoms with E-state index in [0.29, 0.717) is 12.5 Å². The van der Waals surface area contributed by atoms with Crippen molar-refractivity contribution in [3.05, 3.63) is 66.2 Å². The van der Waals surface area contributed by atoms with E-state index in [1.54, 1.807) is 0 Å². The summed E-state index contributed by atoms with van der Waals surface area (Å²) in [5, 5.41) is 5.94. The second-order valence-corrected chi connectivity index (χ2v) is 6.31. The van der Waals surface area contributed by atoms with Crippen molar-refractivity contribution in [1.29, 1.82) is 0 Å². The zero-order valence-electron chi connectivity index (χ0n) is 13.9. The molecule has 2 N–H and O–H groups in total. The van der Waals surface area contributed by atoms with E-state index in [9.17, 15) is 4.79 Å². The highest BCUT2D eigenvalue weighted by Crippen LogP contribution is 2.22. The van der Waals surface area contributed by atoms with E-state index in [1.165, 1.54) is 11.3 Å². The maximum absolute atomic E-state index is 11.9. The molecule has 0 spiro atoms. The molecule has 1 saturated heterocycles. The number of hydrogen-bond donors (Lipinski definition) is 2. The van der Waals surface area contributed by atoms with Gasteiger partial charge in [0.2, 0.25) is 0 Å². The minimum absolute atomic E-state index is 0.0657. The molecule has 2 aromatic rings. The quantitative estimate of drug-likeness (QED) is 0.858. The van der Waals surface area contributed by atoms with Crippen LogP contribution in [0.25, 0.3) is 0 Å². The number of carbonyl (C=O) groups is 1. The predicted molar refractivity (Wildman–Crippen MR) is 98.3 cm³/mol. The molecule has 126 valence electrons. The molecule has 1 unspecified atom stereocenters. The summed E-state index contributed by atoms with van der Waals surface area (Å²) in [4.78, 5) is 14.3. The Hall–Kier alpha value is -2.49. The number of urea groups is 1. The summed E-state index contributed by atoms with van der Waals surface area (Å²) in [6.45, 7) is 3.47. The van der Waals surface area contributed by atoms with E-state index < -0.39 is 0 Å². The number of benzene rings is 2. The van der Waals surface area contributed by atoms with Gasteiger partial charge in [0.25, 0.3) is 0 Å². The van der Waals surface area contributed by atoms with Crippen LogP contribution in [0.1, 0.15) is 12.0 Å². The molecule has 0 saturated carbocycles. The molecule has 0 aliphatic carbocycles. The highest BCUT2D eigenvalue weighted by Gasteiger charge is 2.22. The van der Waals surface area contributed by atoms with Gasteiger partial charge in [-0.25, -0.2) is 4.79 Å². The topological polar surface area (TPSA) is 44.4 Å².